The first-order valence-electron chi connectivity index (χ1n) is 18.8. The Morgan fingerprint density at radius 3 is 1.13 bits per heavy atom. The molecule has 0 aromatic rings. The number of amides is 1. The molecule has 45 heavy (non-hydrogen) atoms. The van der Waals surface area contributed by atoms with Gasteiger partial charge < -0.3 is 23.8 Å². The Morgan fingerprint density at radius 1 is 0.422 bits per heavy atom. The molecule has 0 N–H and O–H groups in total. The molecule has 0 aromatic carbocycles. The van der Waals surface area contributed by atoms with E-state index in [0.717, 1.165) is 38.5 Å². The summed E-state index contributed by atoms with van der Waals surface area (Å²) in [5.41, 5.74) is 0. The van der Waals surface area contributed by atoms with Crippen LogP contribution in [0.5, 0.6) is 0 Å². The molecular weight excluding hydrogens is 570 g/mol. The average Bonchev–Trinajstić information content (AvgIpc) is 3.03. The molecule has 0 fully saturated rings. The maximum atomic E-state index is 12.6. The molecule has 0 aliphatic heterocycles. The number of carbonyl (C=O) groups excluding carboxylic acids is 3. The normalized spacial score (nSPS) is 11.0. The maximum Gasteiger partial charge on any atom is 0.409 e. The van der Waals surface area contributed by atoms with Gasteiger partial charge in [-0.3, -0.25) is 9.59 Å². The van der Waals surface area contributed by atoms with Crippen LogP contribution in [0.15, 0.2) is 0 Å². The third kappa shape index (κ3) is 31.9. The third-order valence-electron chi connectivity index (χ3n) is 8.19. The molecule has 266 valence electrons. The first kappa shape index (κ1) is 43.2. The summed E-state index contributed by atoms with van der Waals surface area (Å²) < 4.78 is 21.1. The van der Waals surface area contributed by atoms with Crippen molar-refractivity contribution in [2.75, 3.05) is 46.6 Å². The molecule has 1 amide bonds. The van der Waals surface area contributed by atoms with Gasteiger partial charge in [0.05, 0.1) is 19.7 Å². The minimum absolute atomic E-state index is 0.0940. The predicted molar refractivity (Wildman–Crippen MR) is 183 cm³/mol. The van der Waals surface area contributed by atoms with Crippen molar-refractivity contribution < 1.29 is 33.3 Å². The Balaban J connectivity index is 4.09. The van der Waals surface area contributed by atoms with Crippen LogP contribution in [0.2, 0.25) is 0 Å². The number of carbonyl (C=O) groups is 3. The molecule has 8 nitrogen and oxygen atoms in total. The van der Waals surface area contributed by atoms with Crippen LogP contribution in [-0.2, 0) is 28.5 Å². The van der Waals surface area contributed by atoms with Gasteiger partial charge in [-0.1, -0.05) is 142 Å². The molecule has 0 radical (unpaired) electrons. The second kappa shape index (κ2) is 35.0. The lowest BCUT2D eigenvalue weighted by molar-refractivity contribution is -0.144. The van der Waals surface area contributed by atoms with Crippen LogP contribution in [-0.4, -0.2) is 69.6 Å². The van der Waals surface area contributed by atoms with Gasteiger partial charge in [0.15, 0.2) is 0 Å². The lowest BCUT2D eigenvalue weighted by Crippen LogP contribution is -2.38. The SMILES string of the molecule is CCCCCCCCCCCCCC(=O)OCCN(CCOC(=O)CCCCCCCCCCCCC)C(=O)OCCCOC. The van der Waals surface area contributed by atoms with Crippen molar-refractivity contribution in [3.63, 3.8) is 0 Å². The van der Waals surface area contributed by atoms with Gasteiger partial charge in [0.1, 0.15) is 13.2 Å². The van der Waals surface area contributed by atoms with Gasteiger partial charge in [-0.05, 0) is 12.8 Å². The first-order valence-corrected chi connectivity index (χ1v) is 18.8. The second-order valence-corrected chi connectivity index (χ2v) is 12.5. The number of rotatable bonds is 34. The second-order valence-electron chi connectivity index (χ2n) is 12.5. The zero-order valence-electron chi connectivity index (χ0n) is 29.7. The van der Waals surface area contributed by atoms with E-state index in [9.17, 15) is 14.4 Å². The Labute approximate surface area is 277 Å². The van der Waals surface area contributed by atoms with Gasteiger partial charge in [0.25, 0.3) is 0 Å². The van der Waals surface area contributed by atoms with Crippen molar-refractivity contribution in [2.24, 2.45) is 0 Å². The summed E-state index contributed by atoms with van der Waals surface area (Å²) in [6.45, 7) is 5.81. The summed E-state index contributed by atoms with van der Waals surface area (Å²) in [5.74, 6) is -0.476. The van der Waals surface area contributed by atoms with E-state index >= 15 is 0 Å². The number of hydrogen-bond acceptors (Lipinski definition) is 7. The summed E-state index contributed by atoms with van der Waals surface area (Å²) in [7, 11) is 1.60. The molecule has 0 unspecified atom stereocenters. The highest BCUT2D eigenvalue weighted by Gasteiger charge is 2.17. The van der Waals surface area contributed by atoms with E-state index in [1.54, 1.807) is 7.11 Å². The van der Waals surface area contributed by atoms with E-state index in [0.29, 0.717) is 25.9 Å². The summed E-state index contributed by atoms with van der Waals surface area (Å²) in [4.78, 5) is 38.5. The smallest absolute Gasteiger partial charge is 0.409 e. The van der Waals surface area contributed by atoms with Crippen LogP contribution in [0.25, 0.3) is 0 Å². The highest BCUT2D eigenvalue weighted by Crippen LogP contribution is 2.13. The summed E-state index contributed by atoms with van der Waals surface area (Å²) in [6, 6.07) is 0. The average molecular weight is 642 g/mol. The minimum Gasteiger partial charge on any atom is -0.464 e. The molecule has 0 spiro atoms. The van der Waals surface area contributed by atoms with Gasteiger partial charge in [-0.15, -0.1) is 0 Å². The molecule has 0 saturated carbocycles. The number of esters is 2. The van der Waals surface area contributed by atoms with E-state index < -0.39 is 6.09 Å². The Bertz CT molecular complexity index is 629. The highest BCUT2D eigenvalue weighted by molar-refractivity contribution is 5.70. The summed E-state index contributed by atoms with van der Waals surface area (Å²) >= 11 is 0. The predicted octanol–water partition coefficient (Wildman–Crippen LogP) is 9.95. The molecule has 0 rings (SSSR count). The van der Waals surface area contributed by atoms with Crippen molar-refractivity contribution in [2.45, 2.75) is 174 Å². The topological polar surface area (TPSA) is 91.4 Å². The van der Waals surface area contributed by atoms with Crippen molar-refractivity contribution in [3.8, 4) is 0 Å². The lowest BCUT2D eigenvalue weighted by Gasteiger charge is -2.22. The zero-order valence-corrected chi connectivity index (χ0v) is 29.7. The molecule has 0 atom stereocenters. The Hall–Kier alpha value is -1.83. The molecule has 8 heteroatoms. The van der Waals surface area contributed by atoms with E-state index in [1.165, 1.54) is 108 Å². The first-order chi connectivity index (χ1) is 22.0. The number of methoxy groups -OCH3 is 1. The van der Waals surface area contributed by atoms with Crippen LogP contribution in [0.4, 0.5) is 4.79 Å². The Kier molecular flexibility index (Phi) is 33.6. The summed E-state index contributed by atoms with van der Waals surface area (Å²) in [6.07, 6.45) is 28.0. The fourth-order valence-electron chi connectivity index (χ4n) is 5.30. The van der Waals surface area contributed by atoms with Crippen LogP contribution in [0.1, 0.15) is 174 Å². The number of hydrogen-bond donors (Lipinski definition) is 0. The van der Waals surface area contributed by atoms with Crippen molar-refractivity contribution in [3.05, 3.63) is 0 Å². The van der Waals surface area contributed by atoms with E-state index in [2.05, 4.69) is 13.8 Å². The van der Waals surface area contributed by atoms with Crippen LogP contribution in [0.3, 0.4) is 0 Å². The quantitative estimate of drug-likeness (QED) is 0.0392. The zero-order chi connectivity index (χ0) is 33.1. The number of unbranched alkanes of at least 4 members (excludes halogenated alkanes) is 20. The van der Waals surface area contributed by atoms with Crippen molar-refractivity contribution in [1.29, 1.82) is 0 Å². The van der Waals surface area contributed by atoms with E-state index in [1.807, 2.05) is 0 Å². The van der Waals surface area contributed by atoms with Crippen LogP contribution < -0.4 is 0 Å². The molecule has 0 aliphatic carbocycles. The largest absolute Gasteiger partial charge is 0.464 e. The maximum absolute atomic E-state index is 12.6. The third-order valence-corrected chi connectivity index (χ3v) is 8.19. The molecule has 0 bridgehead atoms. The van der Waals surface area contributed by atoms with Gasteiger partial charge in [-0.2, -0.15) is 0 Å². The highest BCUT2D eigenvalue weighted by atomic mass is 16.6. The Morgan fingerprint density at radius 2 is 0.778 bits per heavy atom. The number of ether oxygens (including phenoxy) is 4. The van der Waals surface area contributed by atoms with Gasteiger partial charge in [0.2, 0.25) is 0 Å². The molecule has 0 saturated heterocycles. The van der Waals surface area contributed by atoms with Crippen LogP contribution in [0, 0.1) is 0 Å². The van der Waals surface area contributed by atoms with Gasteiger partial charge >= 0.3 is 18.0 Å². The lowest BCUT2D eigenvalue weighted by atomic mass is 10.1. The van der Waals surface area contributed by atoms with E-state index in [4.69, 9.17) is 18.9 Å². The molecule has 0 heterocycles. The molecule has 0 aromatic heterocycles. The van der Waals surface area contributed by atoms with Crippen LogP contribution >= 0.6 is 0 Å². The minimum atomic E-state index is -0.506. The van der Waals surface area contributed by atoms with Gasteiger partial charge in [-0.25, -0.2) is 4.79 Å². The van der Waals surface area contributed by atoms with Gasteiger partial charge in [0, 0.05) is 33.0 Å². The molecule has 0 aliphatic rings. The van der Waals surface area contributed by atoms with Crippen molar-refractivity contribution in [1.82, 2.24) is 4.90 Å². The fourth-order valence-corrected chi connectivity index (χ4v) is 5.30. The monoisotopic (exact) mass is 642 g/mol. The van der Waals surface area contributed by atoms with Crippen molar-refractivity contribution >= 4 is 18.0 Å². The standard InChI is InChI=1S/C37H71NO7/c1-4-6-8-10-12-14-16-18-20-22-24-27-35(39)43-33-29-38(37(41)45-32-26-31-42-3)30-34-44-36(40)28-25-23-21-19-17-15-13-11-9-7-5-2/h4-34H2,1-3H3. The van der Waals surface area contributed by atoms with E-state index in [-0.39, 0.29) is 44.8 Å². The summed E-state index contributed by atoms with van der Waals surface area (Å²) in [5, 5.41) is 0. The molecular formula is C37H71NO7. The fraction of sp³-hybridized carbons (Fsp3) is 0.919. The number of nitrogens with zero attached hydrogens (tertiary/aromatic N) is 1.